The van der Waals surface area contributed by atoms with E-state index >= 15 is 0 Å². The van der Waals surface area contributed by atoms with Gasteiger partial charge >= 0.3 is 5.97 Å². The minimum atomic E-state index is -2.26. The molecule has 2 rings (SSSR count). The van der Waals surface area contributed by atoms with Crippen molar-refractivity contribution in [3.63, 3.8) is 0 Å². The summed E-state index contributed by atoms with van der Waals surface area (Å²) in [6.45, 7) is 0.0532. The van der Waals surface area contributed by atoms with E-state index in [4.69, 9.17) is 5.11 Å². The molecule has 110 valence electrons. The lowest BCUT2D eigenvalue weighted by molar-refractivity contribution is -0.138. The van der Waals surface area contributed by atoms with Crippen LogP contribution in [0.4, 0.5) is 27.6 Å². The van der Waals surface area contributed by atoms with Gasteiger partial charge in [-0.1, -0.05) is 0 Å². The number of carboxylic acid groups (broad SMARTS) is 1. The highest BCUT2D eigenvalue weighted by molar-refractivity contribution is 5.70. The van der Waals surface area contributed by atoms with E-state index in [2.05, 4.69) is 10.6 Å². The predicted molar refractivity (Wildman–Crippen MR) is 57.7 cm³/mol. The molecule has 0 radical (unpaired) electrons. The van der Waals surface area contributed by atoms with E-state index in [1.807, 2.05) is 0 Å². The Morgan fingerprint density at radius 2 is 1.50 bits per heavy atom. The van der Waals surface area contributed by atoms with E-state index in [9.17, 15) is 26.7 Å². The molecule has 0 spiro atoms. The average molecular weight is 296 g/mol. The van der Waals surface area contributed by atoms with Crippen molar-refractivity contribution in [2.75, 3.05) is 18.4 Å². The lowest BCUT2D eigenvalue weighted by Gasteiger charge is -2.43. The molecule has 1 saturated heterocycles. The summed E-state index contributed by atoms with van der Waals surface area (Å²) in [7, 11) is 0. The van der Waals surface area contributed by atoms with Gasteiger partial charge < -0.3 is 15.7 Å². The molecule has 1 aliphatic heterocycles. The second-order valence-electron chi connectivity index (χ2n) is 4.52. The molecule has 0 atom stereocenters. The lowest BCUT2D eigenvalue weighted by Crippen LogP contribution is -2.65. The summed E-state index contributed by atoms with van der Waals surface area (Å²) in [4.78, 5) is 10.7. The number of aliphatic carboxylic acids is 1. The molecular formula is C11H9F5N2O2. The molecule has 0 aromatic heterocycles. The number of nitrogens with one attached hydrogen (secondary N) is 2. The van der Waals surface area contributed by atoms with Gasteiger partial charge in [-0.05, 0) is 0 Å². The summed E-state index contributed by atoms with van der Waals surface area (Å²) >= 11 is 0. The van der Waals surface area contributed by atoms with Gasteiger partial charge in [0.2, 0.25) is 5.82 Å². The number of anilines is 1. The lowest BCUT2D eigenvalue weighted by atomic mass is 9.88. The van der Waals surface area contributed by atoms with Gasteiger partial charge in [0.15, 0.2) is 23.3 Å². The zero-order chi connectivity index (χ0) is 15.1. The maximum absolute atomic E-state index is 13.5. The zero-order valence-corrected chi connectivity index (χ0v) is 9.87. The number of halogens is 5. The molecule has 0 unspecified atom stereocenters. The normalized spacial score (nSPS) is 16.6. The van der Waals surface area contributed by atoms with Crippen LogP contribution in [0, 0.1) is 29.1 Å². The Morgan fingerprint density at radius 3 is 1.85 bits per heavy atom. The maximum Gasteiger partial charge on any atom is 0.305 e. The Labute approximate surface area is 109 Å². The third kappa shape index (κ3) is 2.28. The maximum atomic E-state index is 13.5. The number of rotatable bonds is 4. The van der Waals surface area contributed by atoms with Crippen LogP contribution in [-0.2, 0) is 4.79 Å². The zero-order valence-electron chi connectivity index (χ0n) is 9.87. The van der Waals surface area contributed by atoms with Crippen molar-refractivity contribution >= 4 is 11.7 Å². The highest BCUT2D eigenvalue weighted by Gasteiger charge is 2.41. The summed E-state index contributed by atoms with van der Waals surface area (Å²) in [6.07, 6.45) is -0.528. The Bertz CT molecular complexity index is 545. The van der Waals surface area contributed by atoms with Gasteiger partial charge in [-0.2, -0.15) is 0 Å². The van der Waals surface area contributed by atoms with Crippen molar-refractivity contribution in [1.29, 1.82) is 0 Å². The van der Waals surface area contributed by atoms with Crippen molar-refractivity contribution in [2.24, 2.45) is 0 Å². The Morgan fingerprint density at radius 1 is 1.05 bits per heavy atom. The molecule has 0 bridgehead atoms. The molecule has 0 saturated carbocycles. The van der Waals surface area contributed by atoms with Crippen molar-refractivity contribution in [1.82, 2.24) is 5.32 Å². The highest BCUT2D eigenvalue weighted by atomic mass is 19.2. The number of carboxylic acids is 1. The molecule has 4 nitrogen and oxygen atoms in total. The summed E-state index contributed by atoms with van der Waals surface area (Å²) in [5, 5.41) is 13.5. The fourth-order valence-corrected chi connectivity index (χ4v) is 1.95. The summed E-state index contributed by atoms with van der Waals surface area (Å²) in [5.74, 6) is -11.7. The van der Waals surface area contributed by atoms with Gasteiger partial charge in [-0.3, -0.25) is 4.79 Å². The van der Waals surface area contributed by atoms with Gasteiger partial charge in [0.1, 0.15) is 5.69 Å². The summed E-state index contributed by atoms with van der Waals surface area (Å²) in [6, 6.07) is 0. The minimum Gasteiger partial charge on any atom is -0.481 e. The third-order valence-corrected chi connectivity index (χ3v) is 3.02. The SMILES string of the molecule is O=C(O)CC1(Nc2c(F)c(F)c(F)c(F)c2F)CNC1. The number of carbonyl (C=O) groups is 1. The van der Waals surface area contributed by atoms with E-state index in [-0.39, 0.29) is 13.1 Å². The third-order valence-electron chi connectivity index (χ3n) is 3.02. The molecule has 1 aromatic rings. The first-order chi connectivity index (χ1) is 9.27. The van der Waals surface area contributed by atoms with Crippen LogP contribution in [0.3, 0.4) is 0 Å². The molecule has 9 heteroatoms. The second-order valence-corrected chi connectivity index (χ2v) is 4.52. The molecule has 1 aromatic carbocycles. The molecule has 0 aliphatic carbocycles. The van der Waals surface area contributed by atoms with Crippen LogP contribution >= 0.6 is 0 Å². The van der Waals surface area contributed by atoms with Gasteiger partial charge in [0.05, 0.1) is 12.0 Å². The quantitative estimate of drug-likeness (QED) is 0.449. The molecular weight excluding hydrogens is 287 g/mol. The average Bonchev–Trinajstić information content (AvgIpc) is 2.35. The van der Waals surface area contributed by atoms with Crippen molar-refractivity contribution in [3.8, 4) is 0 Å². The van der Waals surface area contributed by atoms with Crippen LogP contribution in [-0.4, -0.2) is 29.7 Å². The first kappa shape index (κ1) is 14.5. The predicted octanol–water partition coefficient (Wildman–Crippen LogP) is 1.61. The first-order valence-electron chi connectivity index (χ1n) is 5.49. The standard InChI is InChI=1S/C11H9F5N2O2/c12-5-6(13)8(15)10(9(16)7(5)14)18-11(1-4(19)20)2-17-3-11/h17-18H,1-3H2,(H,19,20). The molecule has 20 heavy (non-hydrogen) atoms. The Hall–Kier alpha value is -1.90. The van der Waals surface area contributed by atoms with E-state index < -0.39 is 52.7 Å². The van der Waals surface area contributed by atoms with Crippen molar-refractivity contribution in [2.45, 2.75) is 12.0 Å². The molecule has 0 amide bonds. The van der Waals surface area contributed by atoms with Gasteiger partial charge in [0.25, 0.3) is 0 Å². The van der Waals surface area contributed by atoms with Crippen LogP contribution in [0.25, 0.3) is 0 Å². The summed E-state index contributed by atoms with van der Waals surface area (Å²) < 4.78 is 65.9. The Balaban J connectivity index is 2.41. The minimum absolute atomic E-state index is 0.0266. The van der Waals surface area contributed by atoms with E-state index in [1.54, 1.807) is 0 Å². The van der Waals surface area contributed by atoms with Crippen molar-refractivity contribution in [3.05, 3.63) is 29.1 Å². The molecule has 1 aliphatic rings. The monoisotopic (exact) mass is 296 g/mol. The van der Waals surface area contributed by atoms with Crippen LogP contribution in [0.5, 0.6) is 0 Å². The smallest absolute Gasteiger partial charge is 0.305 e. The number of benzene rings is 1. The van der Waals surface area contributed by atoms with Gasteiger partial charge in [0, 0.05) is 13.1 Å². The van der Waals surface area contributed by atoms with Gasteiger partial charge in [-0.25, -0.2) is 22.0 Å². The van der Waals surface area contributed by atoms with Crippen LogP contribution < -0.4 is 10.6 Å². The molecule has 1 fully saturated rings. The molecule has 1 heterocycles. The van der Waals surface area contributed by atoms with Crippen LogP contribution in [0.2, 0.25) is 0 Å². The van der Waals surface area contributed by atoms with Crippen molar-refractivity contribution < 1.29 is 31.9 Å². The Kier molecular flexibility index (Phi) is 3.55. The number of hydrogen-bond acceptors (Lipinski definition) is 3. The van der Waals surface area contributed by atoms with Crippen LogP contribution in [0.1, 0.15) is 6.42 Å². The van der Waals surface area contributed by atoms with Gasteiger partial charge in [-0.15, -0.1) is 0 Å². The number of hydrogen-bond donors (Lipinski definition) is 3. The van der Waals surface area contributed by atoms with E-state index in [1.165, 1.54) is 0 Å². The topological polar surface area (TPSA) is 61.4 Å². The van der Waals surface area contributed by atoms with E-state index in [0.717, 1.165) is 0 Å². The highest BCUT2D eigenvalue weighted by Crippen LogP contribution is 2.31. The second kappa shape index (κ2) is 4.89. The molecule has 3 N–H and O–H groups in total. The fourth-order valence-electron chi connectivity index (χ4n) is 1.95. The van der Waals surface area contributed by atoms with Crippen LogP contribution in [0.15, 0.2) is 0 Å². The largest absolute Gasteiger partial charge is 0.481 e. The fraction of sp³-hybridized carbons (Fsp3) is 0.364. The first-order valence-corrected chi connectivity index (χ1v) is 5.49. The summed E-state index contributed by atoms with van der Waals surface area (Å²) in [5.41, 5.74) is -2.51. The van der Waals surface area contributed by atoms with E-state index in [0.29, 0.717) is 0 Å².